The molecule has 1 aliphatic heterocycles. The molecule has 0 fully saturated rings. The summed E-state index contributed by atoms with van der Waals surface area (Å²) in [6.45, 7) is 1.91. The predicted molar refractivity (Wildman–Crippen MR) is 114 cm³/mol. The molecule has 0 amide bonds. The van der Waals surface area contributed by atoms with Gasteiger partial charge in [0.25, 0.3) is 0 Å². The summed E-state index contributed by atoms with van der Waals surface area (Å²) < 4.78 is 11.5. The van der Waals surface area contributed by atoms with Gasteiger partial charge in [-0.3, -0.25) is 4.79 Å². The molecule has 4 nitrogen and oxygen atoms in total. The largest absolute Gasteiger partial charge is 0.461 e. The van der Waals surface area contributed by atoms with Gasteiger partial charge in [0.2, 0.25) is 0 Å². The van der Waals surface area contributed by atoms with E-state index in [0.29, 0.717) is 22.6 Å². The maximum absolute atomic E-state index is 13.0. The van der Waals surface area contributed by atoms with Crippen LogP contribution in [0.2, 0.25) is 0 Å². The number of esters is 1. The van der Waals surface area contributed by atoms with Gasteiger partial charge in [-0.25, -0.2) is 4.79 Å². The first-order valence-electron chi connectivity index (χ1n) is 9.90. The fourth-order valence-electron chi connectivity index (χ4n) is 3.71. The van der Waals surface area contributed by atoms with Gasteiger partial charge in [-0.15, -0.1) is 0 Å². The summed E-state index contributed by atoms with van der Waals surface area (Å²) >= 11 is 0. The summed E-state index contributed by atoms with van der Waals surface area (Å²) in [5, 5.41) is 0. The van der Waals surface area contributed by atoms with Gasteiger partial charge in [0, 0.05) is 23.5 Å². The average molecular weight is 398 g/mol. The van der Waals surface area contributed by atoms with Crippen LogP contribution in [-0.4, -0.2) is 11.8 Å². The topological polar surface area (TPSA) is 52.6 Å². The minimum atomic E-state index is -0.461. The molecule has 0 saturated heterocycles. The molecule has 0 unspecified atom stereocenters. The van der Waals surface area contributed by atoms with Gasteiger partial charge in [-0.1, -0.05) is 78.9 Å². The maximum Gasteiger partial charge on any atom is 0.338 e. The van der Waals surface area contributed by atoms with Crippen molar-refractivity contribution in [2.45, 2.75) is 25.9 Å². The second kappa shape index (κ2) is 8.78. The van der Waals surface area contributed by atoms with E-state index in [-0.39, 0.29) is 18.8 Å². The van der Waals surface area contributed by atoms with E-state index < -0.39 is 11.9 Å². The molecule has 1 aliphatic rings. The highest BCUT2D eigenvalue weighted by molar-refractivity contribution is 5.99. The van der Waals surface area contributed by atoms with E-state index >= 15 is 0 Å². The molecular formula is C26H22O4. The van der Waals surface area contributed by atoms with Crippen molar-refractivity contribution in [1.82, 2.24) is 0 Å². The van der Waals surface area contributed by atoms with Crippen LogP contribution in [0.15, 0.2) is 96.3 Å². The average Bonchev–Trinajstić information content (AvgIpc) is 2.78. The molecule has 0 aliphatic carbocycles. The van der Waals surface area contributed by atoms with Crippen LogP contribution in [0.4, 0.5) is 0 Å². The monoisotopic (exact) mass is 398 g/mol. The number of ketones is 1. The Bertz CT molecular complexity index is 1080. The van der Waals surface area contributed by atoms with Crippen LogP contribution in [0.25, 0.3) is 0 Å². The molecule has 0 spiro atoms. The quantitative estimate of drug-likeness (QED) is 0.409. The minimum Gasteiger partial charge on any atom is -0.461 e. The SMILES string of the molecule is CC1=C(C(=O)OCc2ccccc2)[C@@H](CC(=O)c2ccccc2)c2ccccc2O1. The molecule has 0 aromatic heterocycles. The summed E-state index contributed by atoms with van der Waals surface area (Å²) in [5.74, 6) is 0.221. The molecule has 0 N–H and O–H groups in total. The fourth-order valence-corrected chi connectivity index (χ4v) is 3.71. The number of ether oxygens (including phenoxy) is 2. The highest BCUT2D eigenvalue weighted by Crippen LogP contribution is 2.42. The van der Waals surface area contributed by atoms with E-state index in [0.717, 1.165) is 11.1 Å². The second-order valence-electron chi connectivity index (χ2n) is 7.22. The fraction of sp³-hybridized carbons (Fsp3) is 0.154. The van der Waals surface area contributed by atoms with Crippen LogP contribution < -0.4 is 4.74 Å². The number of benzene rings is 3. The molecule has 3 aromatic carbocycles. The van der Waals surface area contributed by atoms with Crippen molar-refractivity contribution in [2.75, 3.05) is 0 Å². The number of para-hydroxylation sites is 1. The van der Waals surface area contributed by atoms with E-state index in [1.54, 1.807) is 19.1 Å². The van der Waals surface area contributed by atoms with Crippen molar-refractivity contribution >= 4 is 11.8 Å². The van der Waals surface area contributed by atoms with Crippen LogP contribution in [0.1, 0.15) is 40.7 Å². The molecule has 0 saturated carbocycles. The van der Waals surface area contributed by atoms with Crippen LogP contribution in [0.3, 0.4) is 0 Å². The number of hydrogen-bond donors (Lipinski definition) is 0. The number of Topliss-reactive ketones (excluding diaryl/α,β-unsaturated/α-hetero) is 1. The lowest BCUT2D eigenvalue weighted by Crippen LogP contribution is -2.24. The summed E-state index contributed by atoms with van der Waals surface area (Å²) in [6.07, 6.45) is 0.164. The Hall–Kier alpha value is -3.66. The minimum absolute atomic E-state index is 0.0292. The molecule has 150 valence electrons. The third-order valence-corrected chi connectivity index (χ3v) is 5.20. The van der Waals surface area contributed by atoms with E-state index in [1.807, 2.05) is 72.8 Å². The molecule has 0 radical (unpaired) electrons. The van der Waals surface area contributed by atoms with Crippen molar-refractivity contribution in [3.05, 3.63) is 113 Å². The zero-order chi connectivity index (χ0) is 20.9. The van der Waals surface area contributed by atoms with Crippen LogP contribution in [0, 0.1) is 0 Å². The van der Waals surface area contributed by atoms with Crippen LogP contribution >= 0.6 is 0 Å². The number of hydrogen-bond acceptors (Lipinski definition) is 4. The molecule has 30 heavy (non-hydrogen) atoms. The van der Waals surface area contributed by atoms with Crippen molar-refractivity contribution in [1.29, 1.82) is 0 Å². The molecule has 0 bridgehead atoms. The first-order chi connectivity index (χ1) is 14.6. The summed E-state index contributed by atoms with van der Waals surface area (Å²) in [4.78, 5) is 26.0. The summed E-state index contributed by atoms with van der Waals surface area (Å²) in [6, 6.07) is 26.1. The molecular weight excluding hydrogens is 376 g/mol. The number of allylic oxidation sites excluding steroid dienone is 1. The Morgan fingerprint density at radius 3 is 2.23 bits per heavy atom. The van der Waals surface area contributed by atoms with E-state index in [2.05, 4.69) is 0 Å². The maximum atomic E-state index is 13.0. The number of carbonyl (C=O) groups excluding carboxylic acids is 2. The molecule has 1 atom stereocenters. The lowest BCUT2D eigenvalue weighted by Gasteiger charge is -2.28. The van der Waals surface area contributed by atoms with Gasteiger partial charge in [-0.05, 0) is 18.6 Å². The lowest BCUT2D eigenvalue weighted by molar-refractivity contribution is -0.140. The lowest BCUT2D eigenvalue weighted by atomic mass is 9.83. The van der Waals surface area contributed by atoms with Crippen molar-refractivity contribution in [3.8, 4) is 5.75 Å². The van der Waals surface area contributed by atoms with Gasteiger partial charge in [-0.2, -0.15) is 0 Å². The first kappa shape index (κ1) is 19.6. The zero-order valence-electron chi connectivity index (χ0n) is 16.7. The predicted octanol–water partition coefficient (Wildman–Crippen LogP) is 5.45. The van der Waals surface area contributed by atoms with E-state index in [1.165, 1.54) is 0 Å². The van der Waals surface area contributed by atoms with Gasteiger partial charge in [0.1, 0.15) is 18.1 Å². The van der Waals surface area contributed by atoms with Gasteiger partial charge in [0.05, 0.1) is 5.57 Å². The normalized spacial score (nSPS) is 15.2. The second-order valence-corrected chi connectivity index (χ2v) is 7.22. The number of rotatable bonds is 6. The molecule has 4 heteroatoms. The molecule has 4 rings (SSSR count). The standard InChI is InChI=1S/C26H22O4/c1-18-25(26(28)29-17-19-10-4-2-5-11-19)22(21-14-8-9-15-24(21)30-18)16-23(27)20-12-6-3-7-13-20/h2-15,22H,16-17H2,1H3/t22-/m0/s1. The Morgan fingerprint density at radius 2 is 1.50 bits per heavy atom. The highest BCUT2D eigenvalue weighted by atomic mass is 16.5. The van der Waals surface area contributed by atoms with E-state index in [4.69, 9.17) is 9.47 Å². The Balaban J connectivity index is 1.62. The summed E-state index contributed by atoms with van der Waals surface area (Å²) in [7, 11) is 0. The Kier molecular flexibility index (Phi) is 5.75. The third-order valence-electron chi connectivity index (χ3n) is 5.20. The van der Waals surface area contributed by atoms with Gasteiger partial charge in [0.15, 0.2) is 5.78 Å². The molecule has 1 heterocycles. The van der Waals surface area contributed by atoms with Crippen LogP contribution in [-0.2, 0) is 16.1 Å². The van der Waals surface area contributed by atoms with Crippen molar-refractivity contribution in [2.24, 2.45) is 0 Å². The Labute approximate surface area is 175 Å². The summed E-state index contributed by atoms with van der Waals surface area (Å²) in [5.41, 5.74) is 2.74. The molecule has 3 aromatic rings. The van der Waals surface area contributed by atoms with Gasteiger partial charge < -0.3 is 9.47 Å². The first-order valence-corrected chi connectivity index (χ1v) is 9.90. The van der Waals surface area contributed by atoms with Crippen molar-refractivity contribution < 1.29 is 19.1 Å². The number of carbonyl (C=O) groups is 2. The van der Waals surface area contributed by atoms with Gasteiger partial charge >= 0.3 is 5.97 Å². The Morgan fingerprint density at radius 1 is 0.867 bits per heavy atom. The van der Waals surface area contributed by atoms with E-state index in [9.17, 15) is 9.59 Å². The highest BCUT2D eigenvalue weighted by Gasteiger charge is 2.35. The van der Waals surface area contributed by atoms with Crippen LogP contribution in [0.5, 0.6) is 5.75 Å². The smallest absolute Gasteiger partial charge is 0.338 e. The third kappa shape index (κ3) is 4.18. The van der Waals surface area contributed by atoms with Crippen molar-refractivity contribution in [3.63, 3.8) is 0 Å². The zero-order valence-corrected chi connectivity index (χ0v) is 16.7. The number of fused-ring (bicyclic) bond motifs is 1.